The highest BCUT2D eigenvalue weighted by Crippen LogP contribution is 2.27. The van der Waals surface area contributed by atoms with Gasteiger partial charge in [0, 0.05) is 6.04 Å². The maximum atomic E-state index is 8.93. The van der Waals surface area contributed by atoms with E-state index in [2.05, 4.69) is 19.9 Å². The standard InChI is InChI=1S/C13H21NO2/c1-9(2)12-7-10(6-11(14)8-15)4-5-13(12)16-3/h4-5,7,9,11,15H,6,8,14H2,1-3H3. The summed E-state index contributed by atoms with van der Waals surface area (Å²) in [4.78, 5) is 0. The lowest BCUT2D eigenvalue weighted by molar-refractivity contribution is 0.265. The van der Waals surface area contributed by atoms with Crippen molar-refractivity contribution in [2.45, 2.75) is 32.2 Å². The Morgan fingerprint density at radius 1 is 1.38 bits per heavy atom. The quantitative estimate of drug-likeness (QED) is 0.798. The number of rotatable bonds is 5. The highest BCUT2D eigenvalue weighted by atomic mass is 16.5. The number of ether oxygens (including phenoxy) is 1. The average Bonchev–Trinajstić information content (AvgIpc) is 2.28. The second-order valence-corrected chi connectivity index (χ2v) is 4.38. The summed E-state index contributed by atoms with van der Waals surface area (Å²) < 4.78 is 5.31. The third-order valence-corrected chi connectivity index (χ3v) is 2.65. The SMILES string of the molecule is COc1ccc(CC(N)CO)cc1C(C)C. The van der Waals surface area contributed by atoms with Gasteiger partial charge < -0.3 is 15.6 Å². The molecule has 3 nitrogen and oxygen atoms in total. The van der Waals surface area contributed by atoms with Crippen molar-refractivity contribution in [3.05, 3.63) is 29.3 Å². The summed E-state index contributed by atoms with van der Waals surface area (Å²) >= 11 is 0. The molecule has 0 fully saturated rings. The molecule has 3 heteroatoms. The van der Waals surface area contributed by atoms with Gasteiger partial charge in [-0.15, -0.1) is 0 Å². The first kappa shape index (κ1) is 13.0. The summed E-state index contributed by atoms with van der Waals surface area (Å²) in [7, 11) is 1.68. The van der Waals surface area contributed by atoms with E-state index in [1.165, 1.54) is 5.56 Å². The van der Waals surface area contributed by atoms with Gasteiger partial charge in [-0.2, -0.15) is 0 Å². The fourth-order valence-corrected chi connectivity index (χ4v) is 1.73. The number of methoxy groups -OCH3 is 1. The first-order chi connectivity index (χ1) is 7.58. The molecule has 0 aromatic heterocycles. The van der Waals surface area contributed by atoms with Crippen LogP contribution >= 0.6 is 0 Å². The third kappa shape index (κ3) is 3.22. The van der Waals surface area contributed by atoms with Crippen molar-refractivity contribution < 1.29 is 9.84 Å². The Kier molecular flexibility index (Phi) is 4.77. The summed E-state index contributed by atoms with van der Waals surface area (Å²) in [5.41, 5.74) is 8.05. The zero-order chi connectivity index (χ0) is 12.1. The molecule has 0 heterocycles. The van der Waals surface area contributed by atoms with Crippen molar-refractivity contribution in [3.8, 4) is 5.75 Å². The second kappa shape index (κ2) is 5.87. The smallest absolute Gasteiger partial charge is 0.122 e. The molecule has 0 spiro atoms. The zero-order valence-corrected chi connectivity index (χ0v) is 10.2. The lowest BCUT2D eigenvalue weighted by Gasteiger charge is -2.15. The predicted octanol–water partition coefficient (Wildman–Crippen LogP) is 1.68. The minimum absolute atomic E-state index is 0.0169. The summed E-state index contributed by atoms with van der Waals surface area (Å²) in [5.74, 6) is 1.33. The molecule has 0 bridgehead atoms. The lowest BCUT2D eigenvalue weighted by Crippen LogP contribution is -2.26. The molecule has 0 aliphatic heterocycles. The average molecular weight is 223 g/mol. The van der Waals surface area contributed by atoms with E-state index in [0.717, 1.165) is 11.3 Å². The van der Waals surface area contributed by atoms with E-state index in [0.29, 0.717) is 12.3 Å². The van der Waals surface area contributed by atoms with Gasteiger partial charge in [-0.1, -0.05) is 26.0 Å². The summed E-state index contributed by atoms with van der Waals surface area (Å²) in [5, 5.41) is 8.93. The maximum absolute atomic E-state index is 8.93. The van der Waals surface area contributed by atoms with Gasteiger partial charge >= 0.3 is 0 Å². The topological polar surface area (TPSA) is 55.5 Å². The van der Waals surface area contributed by atoms with Crippen molar-refractivity contribution >= 4 is 0 Å². The van der Waals surface area contributed by atoms with E-state index in [9.17, 15) is 0 Å². The van der Waals surface area contributed by atoms with E-state index in [1.54, 1.807) is 7.11 Å². The Bertz CT molecular complexity index is 337. The van der Waals surface area contributed by atoms with Gasteiger partial charge in [-0.25, -0.2) is 0 Å². The highest BCUT2D eigenvalue weighted by molar-refractivity contribution is 5.39. The third-order valence-electron chi connectivity index (χ3n) is 2.65. The number of aliphatic hydroxyl groups excluding tert-OH is 1. The van der Waals surface area contributed by atoms with Crippen LogP contribution < -0.4 is 10.5 Å². The Labute approximate surface area is 97.2 Å². The van der Waals surface area contributed by atoms with E-state index >= 15 is 0 Å². The van der Waals surface area contributed by atoms with Crippen LogP contribution in [0.4, 0.5) is 0 Å². The summed E-state index contributed by atoms with van der Waals surface area (Å²) in [6.07, 6.45) is 0.695. The molecule has 0 radical (unpaired) electrons. The molecule has 0 amide bonds. The Hall–Kier alpha value is -1.06. The van der Waals surface area contributed by atoms with Gasteiger partial charge in [0.2, 0.25) is 0 Å². The van der Waals surface area contributed by atoms with Gasteiger partial charge in [0.15, 0.2) is 0 Å². The fraction of sp³-hybridized carbons (Fsp3) is 0.538. The van der Waals surface area contributed by atoms with Gasteiger partial charge in [0.05, 0.1) is 13.7 Å². The Morgan fingerprint density at radius 3 is 2.56 bits per heavy atom. The van der Waals surface area contributed by atoms with Crippen molar-refractivity contribution in [2.75, 3.05) is 13.7 Å². The largest absolute Gasteiger partial charge is 0.496 e. The number of nitrogens with two attached hydrogens (primary N) is 1. The van der Waals surface area contributed by atoms with Crippen molar-refractivity contribution in [1.29, 1.82) is 0 Å². The fourth-order valence-electron chi connectivity index (χ4n) is 1.73. The van der Waals surface area contributed by atoms with Crippen LogP contribution in [0.5, 0.6) is 5.75 Å². The first-order valence-corrected chi connectivity index (χ1v) is 5.61. The molecular weight excluding hydrogens is 202 g/mol. The molecule has 1 unspecified atom stereocenters. The van der Waals surface area contributed by atoms with Crippen LogP contribution in [0.3, 0.4) is 0 Å². The molecule has 0 aliphatic rings. The van der Waals surface area contributed by atoms with Crippen LogP contribution in [-0.2, 0) is 6.42 Å². The number of hydrogen-bond donors (Lipinski definition) is 2. The lowest BCUT2D eigenvalue weighted by atomic mass is 9.97. The minimum Gasteiger partial charge on any atom is -0.496 e. The normalized spacial score (nSPS) is 12.9. The molecule has 0 saturated carbocycles. The highest BCUT2D eigenvalue weighted by Gasteiger charge is 2.10. The second-order valence-electron chi connectivity index (χ2n) is 4.38. The molecule has 1 aromatic carbocycles. The van der Waals surface area contributed by atoms with Crippen LogP contribution in [0.1, 0.15) is 30.9 Å². The minimum atomic E-state index is -0.187. The van der Waals surface area contributed by atoms with Crippen molar-refractivity contribution in [2.24, 2.45) is 5.73 Å². The molecule has 16 heavy (non-hydrogen) atoms. The Morgan fingerprint density at radius 2 is 2.06 bits per heavy atom. The van der Waals surface area contributed by atoms with Gasteiger partial charge in [-0.05, 0) is 29.5 Å². The van der Waals surface area contributed by atoms with Crippen LogP contribution in [-0.4, -0.2) is 24.9 Å². The van der Waals surface area contributed by atoms with E-state index in [4.69, 9.17) is 15.6 Å². The monoisotopic (exact) mass is 223 g/mol. The molecular formula is C13H21NO2. The van der Waals surface area contributed by atoms with Crippen LogP contribution in [0, 0.1) is 0 Å². The van der Waals surface area contributed by atoms with Gasteiger partial charge in [-0.3, -0.25) is 0 Å². The van der Waals surface area contributed by atoms with E-state index in [1.807, 2.05) is 12.1 Å². The van der Waals surface area contributed by atoms with Crippen LogP contribution in [0.2, 0.25) is 0 Å². The molecule has 0 aliphatic carbocycles. The van der Waals surface area contributed by atoms with Crippen LogP contribution in [0.25, 0.3) is 0 Å². The molecule has 90 valence electrons. The molecule has 3 N–H and O–H groups in total. The van der Waals surface area contributed by atoms with E-state index < -0.39 is 0 Å². The predicted molar refractivity (Wildman–Crippen MR) is 65.8 cm³/mol. The van der Waals surface area contributed by atoms with E-state index in [-0.39, 0.29) is 12.6 Å². The molecule has 1 rings (SSSR count). The molecule has 1 atom stereocenters. The number of benzene rings is 1. The molecule has 1 aromatic rings. The zero-order valence-electron chi connectivity index (χ0n) is 10.2. The van der Waals surface area contributed by atoms with Gasteiger partial charge in [0.25, 0.3) is 0 Å². The van der Waals surface area contributed by atoms with Crippen molar-refractivity contribution in [1.82, 2.24) is 0 Å². The summed E-state index contributed by atoms with van der Waals surface area (Å²) in [6, 6.07) is 5.89. The van der Waals surface area contributed by atoms with Crippen molar-refractivity contribution in [3.63, 3.8) is 0 Å². The van der Waals surface area contributed by atoms with Gasteiger partial charge in [0.1, 0.15) is 5.75 Å². The number of aliphatic hydroxyl groups is 1. The van der Waals surface area contributed by atoms with Crippen LogP contribution in [0.15, 0.2) is 18.2 Å². The summed E-state index contributed by atoms with van der Waals surface area (Å²) in [6.45, 7) is 4.28. The molecule has 0 saturated heterocycles. The number of hydrogen-bond acceptors (Lipinski definition) is 3. The Balaban J connectivity index is 2.93. The maximum Gasteiger partial charge on any atom is 0.122 e. The first-order valence-electron chi connectivity index (χ1n) is 5.61.